The molecule has 1 heterocycles. The van der Waals surface area contributed by atoms with Gasteiger partial charge < -0.3 is 0 Å². The van der Waals surface area contributed by atoms with Gasteiger partial charge in [-0.1, -0.05) is 42.3 Å². The molecule has 27 heavy (non-hydrogen) atoms. The highest BCUT2D eigenvalue weighted by Crippen LogP contribution is 2.21. The highest BCUT2D eigenvalue weighted by atomic mass is 32.2. The molecule has 0 amide bonds. The van der Waals surface area contributed by atoms with Crippen molar-refractivity contribution in [3.05, 3.63) is 64.7 Å². The molecule has 1 fully saturated rings. The fourth-order valence-electron chi connectivity index (χ4n) is 3.53. The molecule has 0 radical (unpaired) electrons. The van der Waals surface area contributed by atoms with E-state index in [1.54, 1.807) is 28.6 Å². The van der Waals surface area contributed by atoms with Crippen LogP contribution in [0.3, 0.4) is 0 Å². The standard InChI is InChI=1S/C22H27NO3S/c1-17-6-7-18(2)20(16-17)10-13-22(24)19-8-11-21(12-9-19)27(25,26)23-14-4-3-5-15-23/h6-9,11-12,16H,3-5,10,13-15H2,1-2H3. The molecule has 0 spiro atoms. The maximum absolute atomic E-state index is 12.7. The number of carbonyl (C=O) groups excluding carboxylic acids is 1. The van der Waals surface area contributed by atoms with E-state index >= 15 is 0 Å². The van der Waals surface area contributed by atoms with Gasteiger partial charge in [0.05, 0.1) is 4.90 Å². The molecule has 0 atom stereocenters. The largest absolute Gasteiger partial charge is 0.294 e. The SMILES string of the molecule is Cc1ccc(C)c(CCC(=O)c2ccc(S(=O)(=O)N3CCCCC3)cc2)c1. The van der Waals surface area contributed by atoms with E-state index in [2.05, 4.69) is 25.1 Å². The number of rotatable bonds is 6. The summed E-state index contributed by atoms with van der Waals surface area (Å²) in [5.41, 5.74) is 4.14. The number of aryl methyl sites for hydroxylation is 3. The molecule has 1 aliphatic rings. The van der Waals surface area contributed by atoms with E-state index in [0.717, 1.165) is 19.3 Å². The van der Waals surface area contributed by atoms with Crippen molar-refractivity contribution in [2.24, 2.45) is 0 Å². The summed E-state index contributed by atoms with van der Waals surface area (Å²) in [5.74, 6) is 0.0397. The summed E-state index contributed by atoms with van der Waals surface area (Å²) in [7, 11) is -3.45. The number of nitrogens with zero attached hydrogens (tertiary/aromatic N) is 1. The van der Waals surface area contributed by atoms with Crippen LogP contribution >= 0.6 is 0 Å². The first kappa shape index (κ1) is 19.8. The van der Waals surface area contributed by atoms with Gasteiger partial charge >= 0.3 is 0 Å². The maximum Gasteiger partial charge on any atom is 0.243 e. The number of sulfonamides is 1. The molecule has 5 heteroatoms. The molecule has 0 unspecified atom stereocenters. The molecule has 0 aromatic heterocycles. The van der Waals surface area contributed by atoms with Crippen LogP contribution in [0, 0.1) is 13.8 Å². The molecule has 2 aromatic carbocycles. The maximum atomic E-state index is 12.7. The van der Waals surface area contributed by atoms with Gasteiger partial charge in [0.2, 0.25) is 10.0 Å². The summed E-state index contributed by atoms with van der Waals surface area (Å²) in [5, 5.41) is 0. The molecule has 0 saturated carbocycles. The smallest absolute Gasteiger partial charge is 0.243 e. The lowest BCUT2D eigenvalue weighted by atomic mass is 9.98. The summed E-state index contributed by atoms with van der Waals surface area (Å²) in [6.07, 6.45) is 4.02. The molecule has 1 saturated heterocycles. The minimum absolute atomic E-state index is 0.0397. The quantitative estimate of drug-likeness (QED) is 0.697. The third kappa shape index (κ3) is 4.66. The van der Waals surface area contributed by atoms with Crippen molar-refractivity contribution in [3.63, 3.8) is 0 Å². The summed E-state index contributed by atoms with van der Waals surface area (Å²) >= 11 is 0. The van der Waals surface area contributed by atoms with Gasteiger partial charge in [-0.15, -0.1) is 0 Å². The lowest BCUT2D eigenvalue weighted by Gasteiger charge is -2.25. The Labute approximate surface area is 162 Å². The third-order valence-corrected chi connectivity index (χ3v) is 7.17. The van der Waals surface area contributed by atoms with Gasteiger partial charge in [-0.2, -0.15) is 4.31 Å². The number of ketones is 1. The zero-order valence-electron chi connectivity index (χ0n) is 16.1. The van der Waals surface area contributed by atoms with Gasteiger partial charge in [0, 0.05) is 25.1 Å². The van der Waals surface area contributed by atoms with Crippen molar-refractivity contribution in [1.29, 1.82) is 0 Å². The first-order valence-electron chi connectivity index (χ1n) is 9.57. The first-order chi connectivity index (χ1) is 12.9. The van der Waals surface area contributed by atoms with Crippen molar-refractivity contribution in [1.82, 2.24) is 4.31 Å². The second-order valence-corrected chi connectivity index (χ2v) is 9.28. The van der Waals surface area contributed by atoms with E-state index in [-0.39, 0.29) is 10.7 Å². The Kier molecular flexibility index (Phi) is 6.12. The van der Waals surface area contributed by atoms with Crippen LogP contribution in [0.1, 0.15) is 52.7 Å². The molecule has 1 aliphatic heterocycles. The zero-order valence-corrected chi connectivity index (χ0v) is 16.9. The van der Waals surface area contributed by atoms with Gasteiger partial charge in [-0.25, -0.2) is 8.42 Å². The molecular weight excluding hydrogens is 358 g/mol. The van der Waals surface area contributed by atoms with Crippen molar-refractivity contribution in [2.45, 2.75) is 50.8 Å². The monoisotopic (exact) mass is 385 g/mol. The van der Waals surface area contributed by atoms with Crippen molar-refractivity contribution in [3.8, 4) is 0 Å². The van der Waals surface area contributed by atoms with Crippen molar-refractivity contribution >= 4 is 15.8 Å². The number of Topliss-reactive ketones (excluding diaryl/α,β-unsaturated/α-hetero) is 1. The van der Waals surface area contributed by atoms with Crippen LogP contribution < -0.4 is 0 Å². The molecule has 2 aromatic rings. The van der Waals surface area contributed by atoms with Gasteiger partial charge in [-0.05, 0) is 56.4 Å². The Hall–Kier alpha value is -1.98. The van der Waals surface area contributed by atoms with Crippen LogP contribution in [0.4, 0.5) is 0 Å². The molecule has 0 N–H and O–H groups in total. The summed E-state index contributed by atoms with van der Waals surface area (Å²) in [6.45, 7) is 5.27. The second kappa shape index (κ2) is 8.36. The molecule has 4 nitrogen and oxygen atoms in total. The van der Waals surface area contributed by atoms with Crippen LogP contribution in [0.2, 0.25) is 0 Å². The highest BCUT2D eigenvalue weighted by molar-refractivity contribution is 7.89. The summed E-state index contributed by atoms with van der Waals surface area (Å²) in [6, 6.07) is 12.7. The Morgan fingerprint density at radius 1 is 0.963 bits per heavy atom. The summed E-state index contributed by atoms with van der Waals surface area (Å²) in [4.78, 5) is 12.8. The Bertz CT molecular complexity index is 911. The highest BCUT2D eigenvalue weighted by Gasteiger charge is 2.25. The second-order valence-electron chi connectivity index (χ2n) is 7.34. The number of benzene rings is 2. The topological polar surface area (TPSA) is 54.5 Å². The number of piperidine rings is 1. The molecule has 0 bridgehead atoms. The van der Waals surface area contributed by atoms with E-state index < -0.39 is 10.0 Å². The van der Waals surface area contributed by atoms with E-state index in [9.17, 15) is 13.2 Å². The predicted octanol–water partition coefficient (Wildman–Crippen LogP) is 4.29. The average molecular weight is 386 g/mol. The van der Waals surface area contributed by atoms with Gasteiger partial charge in [0.1, 0.15) is 0 Å². The third-order valence-electron chi connectivity index (χ3n) is 5.26. The minimum atomic E-state index is -3.45. The lowest BCUT2D eigenvalue weighted by molar-refractivity contribution is 0.0982. The van der Waals surface area contributed by atoms with E-state index in [1.807, 2.05) is 6.92 Å². The number of hydrogen-bond donors (Lipinski definition) is 0. The first-order valence-corrected chi connectivity index (χ1v) is 11.0. The predicted molar refractivity (Wildman–Crippen MR) is 108 cm³/mol. The van der Waals surface area contributed by atoms with Crippen LogP contribution in [-0.2, 0) is 16.4 Å². The van der Waals surface area contributed by atoms with Crippen molar-refractivity contribution in [2.75, 3.05) is 13.1 Å². The molecular formula is C22H27NO3S. The van der Waals surface area contributed by atoms with E-state index in [0.29, 0.717) is 31.5 Å². The van der Waals surface area contributed by atoms with Crippen LogP contribution in [0.15, 0.2) is 47.4 Å². The summed E-state index contributed by atoms with van der Waals surface area (Å²) < 4.78 is 26.9. The molecule has 3 rings (SSSR count). The number of hydrogen-bond acceptors (Lipinski definition) is 3. The molecule has 0 aliphatic carbocycles. The Morgan fingerprint density at radius 3 is 2.30 bits per heavy atom. The Morgan fingerprint density at radius 2 is 1.63 bits per heavy atom. The van der Waals surface area contributed by atoms with Gasteiger partial charge in [0.25, 0.3) is 0 Å². The van der Waals surface area contributed by atoms with Crippen LogP contribution in [0.5, 0.6) is 0 Å². The molecule has 144 valence electrons. The Balaban J connectivity index is 1.67. The van der Waals surface area contributed by atoms with E-state index in [1.165, 1.54) is 16.7 Å². The van der Waals surface area contributed by atoms with Crippen LogP contribution in [0.25, 0.3) is 0 Å². The fraction of sp³-hybridized carbons (Fsp3) is 0.409. The van der Waals surface area contributed by atoms with Crippen LogP contribution in [-0.4, -0.2) is 31.6 Å². The number of carbonyl (C=O) groups is 1. The van der Waals surface area contributed by atoms with Crippen molar-refractivity contribution < 1.29 is 13.2 Å². The van der Waals surface area contributed by atoms with Gasteiger partial charge in [-0.3, -0.25) is 4.79 Å². The normalized spacial score (nSPS) is 15.6. The van der Waals surface area contributed by atoms with E-state index in [4.69, 9.17) is 0 Å². The van der Waals surface area contributed by atoms with Gasteiger partial charge in [0.15, 0.2) is 5.78 Å². The average Bonchev–Trinajstić information content (AvgIpc) is 2.69. The minimum Gasteiger partial charge on any atom is -0.294 e. The lowest BCUT2D eigenvalue weighted by Crippen LogP contribution is -2.35. The zero-order chi connectivity index (χ0) is 19.4. The fourth-order valence-corrected chi connectivity index (χ4v) is 5.05.